The van der Waals surface area contributed by atoms with Crippen LogP contribution in [0, 0.1) is 0 Å². The second-order valence-corrected chi connectivity index (χ2v) is 5.86. The van der Waals surface area contributed by atoms with Crippen LogP contribution < -0.4 is 11.1 Å². The molecule has 0 radical (unpaired) electrons. The Labute approximate surface area is 131 Å². The largest absolute Gasteiger partial charge is 0.375 e. The number of guanidine groups is 1. The number of ether oxygens (including phenoxy) is 1. The average Bonchev–Trinajstić information content (AvgIpc) is 2.50. The molecule has 1 unspecified atom stereocenters. The van der Waals surface area contributed by atoms with Crippen molar-refractivity contribution in [3.63, 3.8) is 0 Å². The van der Waals surface area contributed by atoms with E-state index < -0.39 is 0 Å². The summed E-state index contributed by atoms with van der Waals surface area (Å²) in [5.41, 5.74) is 6.91. The Balaban J connectivity index is 1.92. The third-order valence-corrected chi connectivity index (χ3v) is 4.27. The number of nitrogens with one attached hydrogen (secondary N) is 1. The SMILES string of the molecule is COC(CN=C(N)NC1CCCCC1)c1ccccc1Cl. The molecule has 0 spiro atoms. The van der Waals surface area contributed by atoms with Gasteiger partial charge >= 0.3 is 0 Å². The summed E-state index contributed by atoms with van der Waals surface area (Å²) in [4.78, 5) is 4.41. The molecule has 5 heteroatoms. The Morgan fingerprint density at radius 1 is 1.38 bits per heavy atom. The molecule has 4 nitrogen and oxygen atoms in total. The maximum atomic E-state index is 6.19. The molecule has 0 bridgehead atoms. The maximum Gasteiger partial charge on any atom is 0.188 e. The van der Waals surface area contributed by atoms with Gasteiger partial charge in [-0.2, -0.15) is 0 Å². The predicted molar refractivity (Wildman–Crippen MR) is 87.7 cm³/mol. The van der Waals surface area contributed by atoms with Gasteiger partial charge in [0.05, 0.1) is 6.54 Å². The number of hydrogen-bond donors (Lipinski definition) is 2. The maximum absolute atomic E-state index is 6.19. The normalized spacial score (nSPS) is 18.5. The van der Waals surface area contributed by atoms with Gasteiger partial charge in [0.15, 0.2) is 5.96 Å². The van der Waals surface area contributed by atoms with Crippen LogP contribution in [0.3, 0.4) is 0 Å². The van der Waals surface area contributed by atoms with Crippen LogP contribution in [0.5, 0.6) is 0 Å². The molecule has 0 aliphatic heterocycles. The molecule has 2 rings (SSSR count). The lowest BCUT2D eigenvalue weighted by molar-refractivity contribution is 0.111. The van der Waals surface area contributed by atoms with Gasteiger partial charge in [0.25, 0.3) is 0 Å². The van der Waals surface area contributed by atoms with Crippen molar-refractivity contribution in [1.82, 2.24) is 5.32 Å². The Morgan fingerprint density at radius 3 is 2.76 bits per heavy atom. The van der Waals surface area contributed by atoms with Crippen molar-refractivity contribution in [2.45, 2.75) is 44.2 Å². The Bertz CT molecular complexity index is 472. The number of halogens is 1. The molecule has 1 aromatic carbocycles. The van der Waals surface area contributed by atoms with Gasteiger partial charge in [-0.3, -0.25) is 4.99 Å². The number of rotatable bonds is 5. The smallest absolute Gasteiger partial charge is 0.188 e. The fraction of sp³-hybridized carbons (Fsp3) is 0.562. The second-order valence-electron chi connectivity index (χ2n) is 5.45. The van der Waals surface area contributed by atoms with Crippen LogP contribution in [0.1, 0.15) is 43.8 Å². The standard InChI is InChI=1S/C16H24ClN3O/c1-21-15(13-9-5-6-10-14(13)17)11-19-16(18)20-12-7-3-2-4-8-12/h5-6,9-10,12,15H,2-4,7-8,11H2,1H3,(H3,18,19,20). The van der Waals surface area contributed by atoms with E-state index in [2.05, 4.69) is 10.3 Å². The summed E-state index contributed by atoms with van der Waals surface area (Å²) in [5, 5.41) is 4.00. The fourth-order valence-electron chi connectivity index (χ4n) is 2.72. The summed E-state index contributed by atoms with van der Waals surface area (Å²) < 4.78 is 5.48. The molecule has 1 aliphatic rings. The van der Waals surface area contributed by atoms with Crippen LogP contribution in [-0.4, -0.2) is 25.7 Å². The first kappa shape index (κ1) is 16.1. The number of nitrogens with two attached hydrogens (primary N) is 1. The highest BCUT2D eigenvalue weighted by molar-refractivity contribution is 6.31. The van der Waals surface area contributed by atoms with E-state index in [1.54, 1.807) is 7.11 Å². The molecule has 1 saturated carbocycles. The Hall–Kier alpha value is -1.26. The molecule has 21 heavy (non-hydrogen) atoms. The van der Waals surface area contributed by atoms with Crippen molar-refractivity contribution < 1.29 is 4.74 Å². The van der Waals surface area contributed by atoms with Crippen LogP contribution >= 0.6 is 11.6 Å². The first-order chi connectivity index (χ1) is 10.2. The lowest BCUT2D eigenvalue weighted by atomic mass is 9.96. The van der Waals surface area contributed by atoms with Crippen molar-refractivity contribution in [3.8, 4) is 0 Å². The summed E-state index contributed by atoms with van der Waals surface area (Å²) in [6.07, 6.45) is 6.04. The minimum absolute atomic E-state index is 0.176. The van der Waals surface area contributed by atoms with Crippen molar-refractivity contribution in [3.05, 3.63) is 34.9 Å². The number of benzene rings is 1. The van der Waals surface area contributed by atoms with E-state index in [0.717, 1.165) is 5.56 Å². The van der Waals surface area contributed by atoms with Crippen molar-refractivity contribution >= 4 is 17.6 Å². The Kier molecular flexibility index (Phi) is 6.33. The monoisotopic (exact) mass is 309 g/mol. The van der Waals surface area contributed by atoms with Gasteiger partial charge in [0, 0.05) is 23.7 Å². The van der Waals surface area contributed by atoms with Crippen LogP contribution in [-0.2, 0) is 4.74 Å². The zero-order valence-corrected chi connectivity index (χ0v) is 13.3. The van der Waals surface area contributed by atoms with Gasteiger partial charge < -0.3 is 15.8 Å². The molecule has 3 N–H and O–H groups in total. The molecule has 0 aromatic heterocycles. The third kappa shape index (κ3) is 4.90. The number of hydrogen-bond acceptors (Lipinski definition) is 2. The molecule has 1 aliphatic carbocycles. The van der Waals surface area contributed by atoms with Gasteiger partial charge in [0.2, 0.25) is 0 Å². The highest BCUT2D eigenvalue weighted by atomic mass is 35.5. The first-order valence-corrected chi connectivity index (χ1v) is 7.92. The van der Waals surface area contributed by atoms with Crippen molar-refractivity contribution in [2.75, 3.05) is 13.7 Å². The quantitative estimate of drug-likeness (QED) is 0.648. The number of aliphatic imine (C=N–C) groups is 1. The van der Waals surface area contributed by atoms with Crippen molar-refractivity contribution in [2.24, 2.45) is 10.7 Å². The predicted octanol–water partition coefficient (Wildman–Crippen LogP) is 3.26. The molecular formula is C16H24ClN3O. The van der Waals surface area contributed by atoms with Gasteiger partial charge in [-0.05, 0) is 18.9 Å². The average molecular weight is 310 g/mol. The minimum atomic E-state index is -0.176. The van der Waals surface area contributed by atoms with E-state index in [-0.39, 0.29) is 6.10 Å². The number of nitrogens with zero attached hydrogens (tertiary/aromatic N) is 1. The molecule has 0 heterocycles. The van der Waals surface area contributed by atoms with Crippen molar-refractivity contribution in [1.29, 1.82) is 0 Å². The summed E-state index contributed by atoms with van der Waals surface area (Å²) in [6, 6.07) is 8.12. The highest BCUT2D eigenvalue weighted by Gasteiger charge is 2.15. The van der Waals surface area contributed by atoms with Gasteiger partial charge in [-0.25, -0.2) is 0 Å². The molecule has 0 saturated heterocycles. The van der Waals surface area contributed by atoms with Crippen LogP contribution in [0.4, 0.5) is 0 Å². The van der Waals surface area contributed by atoms with Gasteiger partial charge in [0.1, 0.15) is 6.10 Å². The summed E-state index contributed by atoms with van der Waals surface area (Å²) in [5.74, 6) is 0.496. The molecule has 1 atom stereocenters. The number of methoxy groups -OCH3 is 1. The molecule has 1 aromatic rings. The van der Waals surface area contributed by atoms with E-state index in [9.17, 15) is 0 Å². The summed E-state index contributed by atoms with van der Waals surface area (Å²) >= 11 is 6.19. The van der Waals surface area contributed by atoms with Crippen LogP contribution in [0.15, 0.2) is 29.3 Å². The lowest BCUT2D eigenvalue weighted by Gasteiger charge is -2.23. The molecule has 0 amide bonds. The van der Waals surface area contributed by atoms with Crippen LogP contribution in [0.25, 0.3) is 0 Å². The zero-order chi connectivity index (χ0) is 15.1. The molecular weight excluding hydrogens is 286 g/mol. The van der Waals surface area contributed by atoms with E-state index in [4.69, 9.17) is 22.1 Å². The fourth-order valence-corrected chi connectivity index (χ4v) is 2.98. The second kappa shape index (κ2) is 8.25. The topological polar surface area (TPSA) is 59.6 Å². The van der Waals surface area contributed by atoms with E-state index in [0.29, 0.717) is 23.6 Å². The van der Waals surface area contributed by atoms with E-state index in [1.165, 1.54) is 32.1 Å². The minimum Gasteiger partial charge on any atom is -0.375 e. The zero-order valence-electron chi connectivity index (χ0n) is 12.5. The lowest BCUT2D eigenvalue weighted by Crippen LogP contribution is -2.41. The van der Waals surface area contributed by atoms with Gasteiger partial charge in [-0.15, -0.1) is 0 Å². The van der Waals surface area contributed by atoms with Crippen LogP contribution in [0.2, 0.25) is 5.02 Å². The Morgan fingerprint density at radius 2 is 2.10 bits per heavy atom. The van der Waals surface area contributed by atoms with Gasteiger partial charge in [-0.1, -0.05) is 49.1 Å². The highest BCUT2D eigenvalue weighted by Crippen LogP contribution is 2.25. The van der Waals surface area contributed by atoms with E-state index >= 15 is 0 Å². The molecule has 1 fully saturated rings. The van der Waals surface area contributed by atoms with E-state index in [1.807, 2.05) is 24.3 Å². The summed E-state index contributed by atoms with van der Waals surface area (Å²) in [7, 11) is 1.66. The molecule has 116 valence electrons. The third-order valence-electron chi connectivity index (χ3n) is 3.92. The summed E-state index contributed by atoms with van der Waals surface area (Å²) in [6.45, 7) is 0.464. The first-order valence-electron chi connectivity index (χ1n) is 7.54.